The zero-order valence-corrected chi connectivity index (χ0v) is 14.3. The molecule has 1 aliphatic rings. The summed E-state index contributed by atoms with van der Waals surface area (Å²) in [7, 11) is 0. The average molecular weight is 337 g/mol. The number of likely N-dealkylation sites (tertiary alicyclic amines) is 1. The van der Waals surface area contributed by atoms with E-state index >= 15 is 0 Å². The first-order chi connectivity index (χ1) is 11.2. The standard InChI is InChI=1S/C17H24FN3O3/c1-17(2,3)24-16(23)20-14-8-10-21(11-9-14)15(22)19-13-6-4-12(18)5-7-13/h4-7,14H,8-11H2,1-3H3,(H,19,22)(H,20,23). The molecule has 2 N–H and O–H groups in total. The smallest absolute Gasteiger partial charge is 0.407 e. The molecule has 0 aliphatic carbocycles. The van der Waals surface area contributed by atoms with Crippen LogP contribution in [0.1, 0.15) is 33.6 Å². The second kappa shape index (κ2) is 7.51. The summed E-state index contributed by atoms with van der Waals surface area (Å²) in [5, 5.41) is 5.56. The van der Waals surface area contributed by atoms with Crippen LogP contribution in [-0.2, 0) is 4.74 Å². The molecule has 1 aromatic rings. The number of alkyl carbamates (subject to hydrolysis) is 1. The number of piperidine rings is 1. The summed E-state index contributed by atoms with van der Waals surface area (Å²) in [6, 6.07) is 5.40. The van der Waals surface area contributed by atoms with Crippen molar-refractivity contribution in [3.05, 3.63) is 30.1 Å². The van der Waals surface area contributed by atoms with Crippen molar-refractivity contribution in [2.24, 2.45) is 0 Å². The number of nitrogens with one attached hydrogen (secondary N) is 2. The Kier molecular flexibility index (Phi) is 5.64. The van der Waals surface area contributed by atoms with Gasteiger partial charge in [-0.2, -0.15) is 0 Å². The largest absolute Gasteiger partial charge is 0.444 e. The van der Waals surface area contributed by atoms with Gasteiger partial charge in [-0.15, -0.1) is 0 Å². The van der Waals surface area contributed by atoms with E-state index in [-0.39, 0.29) is 17.9 Å². The third-order valence-corrected chi connectivity index (χ3v) is 3.60. The van der Waals surface area contributed by atoms with Crippen LogP contribution in [0.5, 0.6) is 0 Å². The van der Waals surface area contributed by atoms with E-state index in [4.69, 9.17) is 4.74 Å². The van der Waals surface area contributed by atoms with Crippen LogP contribution in [0.25, 0.3) is 0 Å². The fourth-order valence-electron chi connectivity index (χ4n) is 2.44. The highest BCUT2D eigenvalue weighted by Gasteiger charge is 2.25. The number of nitrogens with zero attached hydrogens (tertiary/aromatic N) is 1. The van der Waals surface area contributed by atoms with Gasteiger partial charge in [-0.3, -0.25) is 0 Å². The lowest BCUT2D eigenvalue weighted by molar-refractivity contribution is 0.0486. The van der Waals surface area contributed by atoms with E-state index in [2.05, 4.69) is 10.6 Å². The van der Waals surface area contributed by atoms with Crippen molar-refractivity contribution >= 4 is 17.8 Å². The van der Waals surface area contributed by atoms with E-state index in [0.717, 1.165) is 0 Å². The van der Waals surface area contributed by atoms with Crippen LogP contribution < -0.4 is 10.6 Å². The van der Waals surface area contributed by atoms with E-state index in [9.17, 15) is 14.0 Å². The Morgan fingerprint density at radius 2 is 1.75 bits per heavy atom. The number of hydrogen-bond donors (Lipinski definition) is 2. The van der Waals surface area contributed by atoms with Crippen molar-refractivity contribution in [3.63, 3.8) is 0 Å². The Morgan fingerprint density at radius 1 is 1.17 bits per heavy atom. The normalized spacial score (nSPS) is 15.8. The molecule has 6 nitrogen and oxygen atoms in total. The predicted octanol–water partition coefficient (Wildman–Crippen LogP) is 3.35. The fraction of sp³-hybridized carbons (Fsp3) is 0.529. The van der Waals surface area contributed by atoms with Crippen LogP contribution in [0.4, 0.5) is 19.7 Å². The van der Waals surface area contributed by atoms with E-state index in [1.807, 2.05) is 20.8 Å². The number of amides is 3. The van der Waals surface area contributed by atoms with Gasteiger partial charge < -0.3 is 20.3 Å². The van der Waals surface area contributed by atoms with E-state index in [0.29, 0.717) is 31.6 Å². The van der Waals surface area contributed by atoms with Crippen LogP contribution in [0.3, 0.4) is 0 Å². The molecule has 132 valence electrons. The third kappa shape index (κ3) is 5.72. The molecule has 0 atom stereocenters. The van der Waals surface area contributed by atoms with Gasteiger partial charge in [-0.05, 0) is 57.9 Å². The minimum absolute atomic E-state index is 0.00489. The molecule has 24 heavy (non-hydrogen) atoms. The minimum atomic E-state index is -0.528. The van der Waals surface area contributed by atoms with Gasteiger partial charge in [0, 0.05) is 24.8 Å². The molecule has 2 rings (SSSR count). The maximum Gasteiger partial charge on any atom is 0.407 e. The summed E-state index contributed by atoms with van der Waals surface area (Å²) in [5.41, 5.74) is 0.0234. The van der Waals surface area contributed by atoms with Crippen molar-refractivity contribution in [2.45, 2.75) is 45.3 Å². The molecule has 0 saturated carbocycles. The highest BCUT2D eigenvalue weighted by molar-refractivity contribution is 5.89. The molecule has 0 unspecified atom stereocenters. The summed E-state index contributed by atoms with van der Waals surface area (Å²) < 4.78 is 18.1. The lowest BCUT2D eigenvalue weighted by atomic mass is 10.1. The van der Waals surface area contributed by atoms with Gasteiger partial charge >= 0.3 is 12.1 Å². The predicted molar refractivity (Wildman–Crippen MR) is 89.4 cm³/mol. The second-order valence-corrected chi connectivity index (χ2v) is 6.84. The van der Waals surface area contributed by atoms with Crippen molar-refractivity contribution in [3.8, 4) is 0 Å². The van der Waals surface area contributed by atoms with Gasteiger partial charge in [0.1, 0.15) is 11.4 Å². The number of ether oxygens (including phenoxy) is 1. The molecule has 0 radical (unpaired) electrons. The Labute approximate surface area is 141 Å². The molecule has 3 amide bonds. The van der Waals surface area contributed by atoms with Crippen LogP contribution in [0, 0.1) is 5.82 Å². The molecule has 0 bridgehead atoms. The number of hydrogen-bond acceptors (Lipinski definition) is 3. The highest BCUT2D eigenvalue weighted by Crippen LogP contribution is 2.15. The maximum absolute atomic E-state index is 12.9. The molecule has 1 aliphatic heterocycles. The number of carbonyl (C=O) groups excluding carboxylic acids is 2. The van der Waals surface area contributed by atoms with Gasteiger partial charge in [0.05, 0.1) is 0 Å². The monoisotopic (exact) mass is 337 g/mol. The van der Waals surface area contributed by atoms with E-state index in [1.165, 1.54) is 24.3 Å². The Bertz CT molecular complexity index is 576. The topological polar surface area (TPSA) is 70.7 Å². The minimum Gasteiger partial charge on any atom is -0.444 e. The van der Waals surface area contributed by atoms with E-state index in [1.54, 1.807) is 4.90 Å². The number of carbonyl (C=O) groups is 2. The number of rotatable bonds is 2. The second-order valence-electron chi connectivity index (χ2n) is 6.84. The maximum atomic E-state index is 12.9. The highest BCUT2D eigenvalue weighted by atomic mass is 19.1. The summed E-state index contributed by atoms with van der Waals surface area (Å²) in [5.74, 6) is -0.345. The molecule has 1 fully saturated rings. The molecule has 1 heterocycles. The first kappa shape index (κ1) is 18.0. The molecule has 7 heteroatoms. The Hall–Kier alpha value is -2.31. The van der Waals surface area contributed by atoms with Crippen LogP contribution in [0.2, 0.25) is 0 Å². The molecule has 1 saturated heterocycles. The van der Waals surface area contributed by atoms with Gasteiger partial charge in [-0.1, -0.05) is 0 Å². The SMILES string of the molecule is CC(C)(C)OC(=O)NC1CCN(C(=O)Nc2ccc(F)cc2)CC1. The van der Waals surface area contributed by atoms with Gasteiger partial charge in [0.25, 0.3) is 0 Å². The van der Waals surface area contributed by atoms with Crippen LogP contribution in [0.15, 0.2) is 24.3 Å². The van der Waals surface area contributed by atoms with Crippen molar-refractivity contribution in [1.82, 2.24) is 10.2 Å². The van der Waals surface area contributed by atoms with Crippen molar-refractivity contribution < 1.29 is 18.7 Å². The van der Waals surface area contributed by atoms with Crippen LogP contribution in [-0.4, -0.2) is 41.8 Å². The zero-order chi connectivity index (χ0) is 17.7. The average Bonchev–Trinajstić information content (AvgIpc) is 2.48. The lowest BCUT2D eigenvalue weighted by Gasteiger charge is -2.32. The summed E-state index contributed by atoms with van der Waals surface area (Å²) in [4.78, 5) is 25.6. The lowest BCUT2D eigenvalue weighted by Crippen LogP contribution is -2.48. The first-order valence-corrected chi connectivity index (χ1v) is 8.04. The van der Waals surface area contributed by atoms with Crippen LogP contribution >= 0.6 is 0 Å². The summed E-state index contributed by atoms with van der Waals surface area (Å²) in [6.07, 6.45) is 0.892. The van der Waals surface area contributed by atoms with Gasteiger partial charge in [0.15, 0.2) is 0 Å². The Balaban J connectivity index is 1.76. The third-order valence-electron chi connectivity index (χ3n) is 3.60. The van der Waals surface area contributed by atoms with Crippen molar-refractivity contribution in [1.29, 1.82) is 0 Å². The zero-order valence-electron chi connectivity index (χ0n) is 14.3. The number of anilines is 1. The summed E-state index contributed by atoms with van der Waals surface area (Å²) >= 11 is 0. The van der Waals surface area contributed by atoms with Gasteiger partial charge in [0.2, 0.25) is 0 Å². The fourth-order valence-corrected chi connectivity index (χ4v) is 2.44. The van der Waals surface area contributed by atoms with E-state index < -0.39 is 11.7 Å². The molecule has 1 aromatic carbocycles. The quantitative estimate of drug-likeness (QED) is 0.869. The first-order valence-electron chi connectivity index (χ1n) is 8.04. The number of benzene rings is 1. The number of urea groups is 1. The Morgan fingerprint density at radius 3 is 2.29 bits per heavy atom. The molecular formula is C17H24FN3O3. The number of halogens is 1. The van der Waals surface area contributed by atoms with Gasteiger partial charge in [-0.25, -0.2) is 14.0 Å². The summed E-state index contributed by atoms with van der Waals surface area (Å²) in [6.45, 7) is 6.51. The molecule has 0 aromatic heterocycles. The molecule has 0 spiro atoms. The molecular weight excluding hydrogens is 313 g/mol. The van der Waals surface area contributed by atoms with Crippen molar-refractivity contribution in [2.75, 3.05) is 18.4 Å².